The summed E-state index contributed by atoms with van der Waals surface area (Å²) in [6.45, 7) is 0. The normalized spacial score (nSPS) is 2.00. The fourth-order valence-electron chi connectivity index (χ4n) is 0. The zero-order valence-corrected chi connectivity index (χ0v) is 14.6. The second-order valence-corrected chi connectivity index (χ2v) is 0. The molecule has 0 heterocycles. The van der Waals surface area contributed by atoms with Crippen LogP contribution in [0.2, 0.25) is 0 Å². The van der Waals surface area contributed by atoms with Gasteiger partial charge in [0.1, 0.15) is 0 Å². The Bertz CT molecular complexity index is 20.0. The third-order valence-corrected chi connectivity index (χ3v) is 0. The van der Waals surface area contributed by atoms with Gasteiger partial charge < -0.3 is 0 Å². The van der Waals surface area contributed by atoms with Crippen LogP contribution in [-0.2, 0) is 59.6 Å². The van der Waals surface area contributed by atoms with E-state index in [0.717, 1.165) is 0 Å². The summed E-state index contributed by atoms with van der Waals surface area (Å²) in [5.74, 6) is 0. The summed E-state index contributed by atoms with van der Waals surface area (Å²) in [5.41, 5.74) is 0. The quantitative estimate of drug-likeness (QED) is 0.418. The van der Waals surface area contributed by atoms with E-state index in [0.29, 0.717) is 0 Å². The summed E-state index contributed by atoms with van der Waals surface area (Å²) in [6, 6.07) is 0. The van der Waals surface area contributed by atoms with Gasteiger partial charge in [0.15, 0.2) is 0 Å². The standard InChI is InChI=1S/2HPS.2S.2W/c2*1-2;;;;/h2*1H;;;;. The number of hydrogen-bond acceptors (Lipinski definition) is 4. The first-order chi connectivity index (χ1) is 4.00. The molecule has 0 aliphatic heterocycles. The Labute approximate surface area is 93.8 Å². The van der Waals surface area contributed by atoms with Crippen molar-refractivity contribution in [1.82, 2.24) is 0 Å². The predicted molar refractivity (Wildman–Crippen MR) is 46.5 cm³/mol. The van der Waals surface area contributed by atoms with E-state index in [9.17, 15) is 0 Å². The van der Waals surface area contributed by atoms with Gasteiger partial charge in [0, 0.05) is 0 Å². The average Bonchev–Trinajstić information content (AvgIpc) is 2.03. The summed E-state index contributed by atoms with van der Waals surface area (Å²) < 4.78 is 0. The molecule has 0 fully saturated rings. The molecule has 0 amide bonds. The molecule has 0 aromatic rings. The number of rotatable bonds is 0. The molecule has 0 N–H and O–H groups in total. The molecule has 0 aliphatic carbocycles. The zero-order valence-electron chi connectivity index (χ0n) is 3.45. The van der Waals surface area contributed by atoms with Crippen LogP contribution >= 0.6 is 35.7 Å². The summed E-state index contributed by atoms with van der Waals surface area (Å²) in [7, 11) is 13.4. The molecule has 48 valence electrons. The van der Waals surface area contributed by atoms with Gasteiger partial charge in [0.05, 0.1) is 0 Å². The summed E-state index contributed by atoms with van der Waals surface area (Å²) in [5, 5.41) is 0. The van der Waals surface area contributed by atoms with Crippen molar-refractivity contribution in [3.05, 3.63) is 0 Å². The monoisotopic (exact) mass is 560 g/mol. The molecule has 0 rings (SSSR count). The van der Waals surface area contributed by atoms with Crippen LogP contribution in [0.5, 0.6) is 0 Å². The third kappa shape index (κ3) is 67.0. The fourth-order valence-corrected chi connectivity index (χ4v) is 0. The van der Waals surface area contributed by atoms with Gasteiger partial charge in [-0.25, -0.2) is 0 Å². The molecule has 0 nitrogen and oxygen atoms in total. The van der Waals surface area contributed by atoms with Crippen molar-refractivity contribution in [3.63, 3.8) is 0 Å². The first kappa shape index (κ1) is 22.4. The third-order valence-electron chi connectivity index (χ3n) is 0. The first-order valence-corrected chi connectivity index (χ1v) is 11.9. The second kappa shape index (κ2) is 94.7. The fraction of sp³-hybridized carbons (Fsp3) is 0. The van der Waals surface area contributed by atoms with Crippen molar-refractivity contribution in [3.8, 4) is 0 Å². The van der Waals surface area contributed by atoms with Crippen LogP contribution in [0.1, 0.15) is 0 Å². The topological polar surface area (TPSA) is 0 Å². The van der Waals surface area contributed by atoms with Gasteiger partial charge in [-0.05, 0) is 16.0 Å². The van der Waals surface area contributed by atoms with E-state index in [1.165, 1.54) is 36.0 Å². The van der Waals surface area contributed by atoms with E-state index in [-0.39, 0.29) is 0 Å². The molecule has 0 saturated carbocycles. The van der Waals surface area contributed by atoms with E-state index in [4.69, 9.17) is 0 Å². The molecule has 0 aromatic carbocycles. The van der Waals surface area contributed by atoms with Gasteiger partial charge in [-0.3, -0.25) is 0 Å². The molecular weight excluding hydrogens is 558 g/mol. The van der Waals surface area contributed by atoms with Crippen LogP contribution in [0.3, 0.4) is 0 Å². The van der Waals surface area contributed by atoms with Crippen molar-refractivity contribution in [2.45, 2.75) is 0 Å². The van der Waals surface area contributed by atoms with Crippen molar-refractivity contribution in [1.29, 1.82) is 0 Å². The molecule has 0 atom stereocenters. The minimum atomic E-state index is 1.17. The van der Waals surface area contributed by atoms with Crippen LogP contribution in [-0.4, -0.2) is 0 Å². The summed E-state index contributed by atoms with van der Waals surface area (Å²) >= 11 is 10.1. The van der Waals surface area contributed by atoms with Gasteiger partial charge in [0.25, 0.3) is 0 Å². The Morgan fingerprint density at radius 2 is 0.625 bits per heavy atom. The van der Waals surface area contributed by atoms with Gasteiger partial charge in [-0.1, -0.05) is 23.6 Å². The molecule has 0 aliphatic rings. The van der Waals surface area contributed by atoms with Gasteiger partial charge >= 0.3 is 55.6 Å². The Hall–Kier alpha value is 2.86. The van der Waals surface area contributed by atoms with Crippen molar-refractivity contribution >= 4 is 59.3 Å². The number of hydrogen-bond donors (Lipinski definition) is 0. The molecule has 8 heteroatoms. The molecule has 0 aromatic heterocycles. The van der Waals surface area contributed by atoms with Gasteiger partial charge in [-0.2, -0.15) is 0 Å². The minimum absolute atomic E-state index is 1.17. The SMILES string of the molecule is P=S.P=S.[S]=[W].[S]=[W]. The molecular formula is H2P2S4W2. The predicted octanol–water partition coefficient (Wildman–Crippen LogP) is 2.47. The van der Waals surface area contributed by atoms with Crippen molar-refractivity contribution in [2.75, 3.05) is 0 Å². The van der Waals surface area contributed by atoms with Crippen LogP contribution in [0, 0.1) is 0 Å². The average molecular weight is 560 g/mol. The summed E-state index contributed by atoms with van der Waals surface area (Å²) in [6.07, 6.45) is 0. The van der Waals surface area contributed by atoms with Crippen LogP contribution in [0.25, 0.3) is 0 Å². The van der Waals surface area contributed by atoms with Crippen molar-refractivity contribution < 1.29 is 36.0 Å². The van der Waals surface area contributed by atoms with E-state index < -0.39 is 0 Å². The summed E-state index contributed by atoms with van der Waals surface area (Å²) in [4.78, 5) is 0. The van der Waals surface area contributed by atoms with Gasteiger partial charge in [-0.15, -0.1) is 0 Å². The Morgan fingerprint density at radius 3 is 0.625 bits per heavy atom. The molecule has 0 bridgehead atoms. The molecule has 0 spiro atoms. The molecule has 0 saturated heterocycles. The maximum atomic E-state index is 4.17. The first-order valence-electron chi connectivity index (χ1n) is 0.742. The molecule has 0 radical (unpaired) electrons. The van der Waals surface area contributed by atoms with Crippen molar-refractivity contribution in [2.24, 2.45) is 0 Å². The van der Waals surface area contributed by atoms with E-state index in [2.05, 4.69) is 59.3 Å². The van der Waals surface area contributed by atoms with Crippen LogP contribution in [0.15, 0.2) is 0 Å². The maximum absolute atomic E-state index is 4.17. The Balaban J connectivity index is -0.0000000133. The van der Waals surface area contributed by atoms with E-state index in [1.807, 2.05) is 0 Å². The second-order valence-electron chi connectivity index (χ2n) is 0. The van der Waals surface area contributed by atoms with E-state index >= 15 is 0 Å². The van der Waals surface area contributed by atoms with Gasteiger partial charge in [0.2, 0.25) is 0 Å². The van der Waals surface area contributed by atoms with E-state index in [1.54, 1.807) is 0 Å². The Kier molecular flexibility index (Phi) is 266. The van der Waals surface area contributed by atoms with Crippen LogP contribution < -0.4 is 0 Å². The molecule has 8 heavy (non-hydrogen) atoms. The molecule has 0 unspecified atom stereocenters. The zero-order chi connectivity index (χ0) is 8.00. The van der Waals surface area contributed by atoms with Crippen LogP contribution in [0.4, 0.5) is 0 Å². The Morgan fingerprint density at radius 1 is 0.625 bits per heavy atom.